The Bertz CT molecular complexity index is 1250. The third-order valence-corrected chi connectivity index (χ3v) is 7.33. The summed E-state index contributed by atoms with van der Waals surface area (Å²) in [6.07, 6.45) is 2.44. The number of hydrogen-bond acceptors (Lipinski definition) is 7. The SMILES string of the molecule is Cc1ccc(CCN2CCN(C(=O)Oc3ccc(NC(=O)c4ccc(CN5CCOCC5)cc4)cc3)CC2)nc1. The molecule has 2 aromatic carbocycles. The molecule has 3 aromatic rings. The van der Waals surface area contributed by atoms with Gasteiger partial charge in [0.05, 0.1) is 13.2 Å². The Labute approximate surface area is 235 Å². The molecule has 40 heavy (non-hydrogen) atoms. The summed E-state index contributed by atoms with van der Waals surface area (Å²) < 4.78 is 11.0. The number of piperazine rings is 1. The maximum atomic E-state index is 12.7. The maximum Gasteiger partial charge on any atom is 0.415 e. The fourth-order valence-corrected chi connectivity index (χ4v) is 4.83. The molecule has 0 radical (unpaired) electrons. The summed E-state index contributed by atoms with van der Waals surface area (Å²) in [6, 6.07) is 18.7. The fourth-order valence-electron chi connectivity index (χ4n) is 4.83. The number of aryl methyl sites for hydroxylation is 1. The quantitative estimate of drug-likeness (QED) is 0.462. The average Bonchev–Trinajstić information content (AvgIpc) is 2.99. The minimum absolute atomic E-state index is 0.182. The lowest BCUT2D eigenvalue weighted by atomic mass is 10.1. The van der Waals surface area contributed by atoms with Gasteiger partial charge in [-0.15, -0.1) is 0 Å². The smallest absolute Gasteiger partial charge is 0.410 e. The summed E-state index contributed by atoms with van der Waals surface area (Å²) in [6.45, 7) is 10.1. The number of pyridine rings is 1. The molecule has 9 heteroatoms. The van der Waals surface area contributed by atoms with Crippen LogP contribution in [-0.4, -0.2) is 90.7 Å². The highest BCUT2D eigenvalue weighted by molar-refractivity contribution is 6.04. The van der Waals surface area contributed by atoms with Crippen LogP contribution in [0.5, 0.6) is 5.75 Å². The Morgan fingerprint density at radius 3 is 2.27 bits per heavy atom. The number of anilines is 1. The minimum atomic E-state index is -0.353. The first-order chi connectivity index (χ1) is 19.5. The van der Waals surface area contributed by atoms with Crippen molar-refractivity contribution in [1.29, 1.82) is 0 Å². The van der Waals surface area contributed by atoms with E-state index < -0.39 is 0 Å². The third-order valence-electron chi connectivity index (χ3n) is 7.33. The van der Waals surface area contributed by atoms with Crippen molar-refractivity contribution in [3.8, 4) is 5.75 Å². The van der Waals surface area contributed by atoms with Crippen LogP contribution in [-0.2, 0) is 17.7 Å². The van der Waals surface area contributed by atoms with Gasteiger partial charge in [0, 0.05) is 81.9 Å². The molecule has 0 saturated carbocycles. The van der Waals surface area contributed by atoms with Crippen LogP contribution in [0.4, 0.5) is 10.5 Å². The normalized spacial score (nSPS) is 16.5. The van der Waals surface area contributed by atoms with Crippen molar-refractivity contribution in [2.75, 3.05) is 64.3 Å². The highest BCUT2D eigenvalue weighted by Crippen LogP contribution is 2.18. The number of aromatic nitrogens is 1. The Morgan fingerprint density at radius 1 is 0.875 bits per heavy atom. The van der Waals surface area contributed by atoms with Crippen molar-refractivity contribution in [2.45, 2.75) is 19.9 Å². The summed E-state index contributed by atoms with van der Waals surface area (Å²) in [4.78, 5) is 36.3. The van der Waals surface area contributed by atoms with Crippen molar-refractivity contribution in [3.05, 3.63) is 89.2 Å². The number of rotatable bonds is 8. The molecule has 2 amide bonds. The Kier molecular flexibility index (Phi) is 9.38. The first kappa shape index (κ1) is 27.8. The first-order valence-electron chi connectivity index (χ1n) is 13.9. The third kappa shape index (κ3) is 7.88. The lowest BCUT2D eigenvalue weighted by Gasteiger charge is -2.33. The Hall–Kier alpha value is -3.79. The van der Waals surface area contributed by atoms with Crippen molar-refractivity contribution in [2.24, 2.45) is 0 Å². The molecule has 2 aliphatic rings. The molecule has 2 saturated heterocycles. The van der Waals surface area contributed by atoms with Gasteiger partial charge in [0.2, 0.25) is 0 Å². The summed E-state index contributed by atoms with van der Waals surface area (Å²) >= 11 is 0. The van der Waals surface area contributed by atoms with Crippen LogP contribution in [0, 0.1) is 6.92 Å². The van der Waals surface area contributed by atoms with Gasteiger partial charge >= 0.3 is 6.09 Å². The van der Waals surface area contributed by atoms with Crippen molar-refractivity contribution in [1.82, 2.24) is 19.7 Å². The second kappa shape index (κ2) is 13.5. The van der Waals surface area contributed by atoms with E-state index in [1.54, 1.807) is 29.2 Å². The van der Waals surface area contributed by atoms with E-state index >= 15 is 0 Å². The van der Waals surface area contributed by atoms with Gasteiger partial charge in [-0.2, -0.15) is 0 Å². The number of carbonyl (C=O) groups is 2. The molecule has 1 N–H and O–H groups in total. The number of nitrogens with one attached hydrogen (secondary N) is 1. The molecule has 9 nitrogen and oxygen atoms in total. The number of benzene rings is 2. The molecule has 3 heterocycles. The number of hydrogen-bond donors (Lipinski definition) is 1. The van der Waals surface area contributed by atoms with Gasteiger partial charge in [-0.3, -0.25) is 19.6 Å². The summed E-state index contributed by atoms with van der Waals surface area (Å²) in [7, 11) is 0. The highest BCUT2D eigenvalue weighted by Gasteiger charge is 2.22. The molecule has 0 unspecified atom stereocenters. The number of ether oxygens (including phenoxy) is 2. The standard InChI is InChI=1S/C31H37N5O4/c1-24-2-7-27(32-22-24)12-13-34-14-16-36(17-15-34)31(38)40-29-10-8-28(9-11-29)33-30(37)26-5-3-25(4-6-26)23-35-18-20-39-21-19-35/h2-11,22H,12-21,23H2,1H3,(H,33,37). The molecule has 0 atom stereocenters. The maximum absolute atomic E-state index is 12.7. The predicted octanol–water partition coefficient (Wildman–Crippen LogP) is 3.83. The van der Waals surface area contributed by atoms with Gasteiger partial charge in [0.25, 0.3) is 5.91 Å². The highest BCUT2D eigenvalue weighted by atomic mass is 16.6. The summed E-state index contributed by atoms with van der Waals surface area (Å²) in [5.41, 5.74) is 4.65. The Balaban J connectivity index is 1.04. The number of nitrogens with zero attached hydrogens (tertiary/aromatic N) is 4. The molecule has 0 aliphatic carbocycles. The molecule has 0 bridgehead atoms. The average molecular weight is 544 g/mol. The zero-order valence-electron chi connectivity index (χ0n) is 23.1. The molecule has 1 aromatic heterocycles. The van der Waals surface area contributed by atoms with Gasteiger partial charge in [0.1, 0.15) is 5.75 Å². The van der Waals surface area contributed by atoms with Crippen LogP contribution < -0.4 is 10.1 Å². The lowest BCUT2D eigenvalue weighted by molar-refractivity contribution is 0.0342. The van der Waals surface area contributed by atoms with Gasteiger partial charge in [0.15, 0.2) is 0 Å². The zero-order chi connectivity index (χ0) is 27.7. The molecule has 2 aliphatic heterocycles. The number of amides is 2. The predicted molar refractivity (Wildman–Crippen MR) is 154 cm³/mol. The van der Waals surface area contributed by atoms with E-state index in [4.69, 9.17) is 9.47 Å². The van der Waals surface area contributed by atoms with Crippen molar-refractivity contribution >= 4 is 17.7 Å². The monoisotopic (exact) mass is 543 g/mol. The van der Waals surface area contributed by atoms with Gasteiger partial charge in [-0.05, 0) is 60.5 Å². The van der Waals surface area contributed by atoms with Crippen LogP contribution in [0.25, 0.3) is 0 Å². The van der Waals surface area contributed by atoms with Crippen molar-refractivity contribution < 1.29 is 19.1 Å². The zero-order valence-corrected chi connectivity index (χ0v) is 23.1. The number of carbonyl (C=O) groups excluding carboxylic acids is 2. The van der Waals surface area contributed by atoms with Crippen LogP contribution in [0.3, 0.4) is 0 Å². The van der Waals surface area contributed by atoms with Crippen LogP contribution in [0.2, 0.25) is 0 Å². The number of morpholine rings is 1. The van der Waals surface area contributed by atoms with Crippen LogP contribution in [0.15, 0.2) is 66.9 Å². The second-order valence-electron chi connectivity index (χ2n) is 10.3. The van der Waals surface area contributed by atoms with E-state index in [1.165, 1.54) is 5.56 Å². The van der Waals surface area contributed by atoms with E-state index in [-0.39, 0.29) is 12.0 Å². The van der Waals surface area contributed by atoms with Crippen LogP contribution in [0.1, 0.15) is 27.2 Å². The minimum Gasteiger partial charge on any atom is -0.410 e. The largest absolute Gasteiger partial charge is 0.415 e. The molecule has 0 spiro atoms. The molecule has 210 valence electrons. The second-order valence-corrected chi connectivity index (χ2v) is 10.3. The van der Waals surface area contributed by atoms with Crippen molar-refractivity contribution in [3.63, 3.8) is 0 Å². The van der Waals surface area contributed by atoms with E-state index in [1.807, 2.05) is 37.4 Å². The van der Waals surface area contributed by atoms with E-state index in [2.05, 4.69) is 32.2 Å². The first-order valence-corrected chi connectivity index (χ1v) is 13.9. The summed E-state index contributed by atoms with van der Waals surface area (Å²) in [5.74, 6) is 0.266. The van der Waals surface area contributed by atoms with E-state index in [0.29, 0.717) is 30.1 Å². The van der Waals surface area contributed by atoms with Gasteiger partial charge in [-0.1, -0.05) is 18.2 Å². The topological polar surface area (TPSA) is 87.2 Å². The fraction of sp³-hybridized carbons (Fsp3) is 0.387. The van der Waals surface area contributed by atoms with Gasteiger partial charge in [-0.25, -0.2) is 4.79 Å². The Morgan fingerprint density at radius 2 is 1.60 bits per heavy atom. The lowest BCUT2D eigenvalue weighted by Crippen LogP contribution is -2.49. The summed E-state index contributed by atoms with van der Waals surface area (Å²) in [5, 5.41) is 2.91. The molecular formula is C31H37N5O4. The molecule has 2 fully saturated rings. The molecule has 5 rings (SSSR count). The van der Waals surface area contributed by atoms with E-state index in [0.717, 1.165) is 70.2 Å². The molecular weight excluding hydrogens is 506 g/mol. The van der Waals surface area contributed by atoms with Gasteiger partial charge < -0.3 is 19.7 Å². The van der Waals surface area contributed by atoms with Crippen LogP contribution >= 0.6 is 0 Å². The van der Waals surface area contributed by atoms with E-state index in [9.17, 15) is 9.59 Å².